The third-order valence-corrected chi connectivity index (χ3v) is 7.41. The number of thioether (sulfide) groups is 1. The largest absolute Gasteiger partial charge is 0.507 e. The van der Waals surface area contributed by atoms with Gasteiger partial charge in [0.15, 0.2) is 0 Å². The van der Waals surface area contributed by atoms with Crippen LogP contribution in [0.25, 0.3) is 22.0 Å². The minimum atomic E-state index is -4.60. The normalized spacial score (nSPS) is 14.6. The Morgan fingerprint density at radius 3 is 2.60 bits per heavy atom. The van der Waals surface area contributed by atoms with E-state index < -0.39 is 17.3 Å². The number of hydrogen-bond donors (Lipinski definition) is 2. The van der Waals surface area contributed by atoms with Gasteiger partial charge in [-0.3, -0.25) is 9.59 Å². The maximum atomic E-state index is 13.5. The monoisotopic (exact) mass is 524 g/mol. The lowest BCUT2D eigenvalue weighted by Gasteiger charge is -2.16. The molecule has 5 nitrogen and oxygen atoms in total. The number of nitrogens with one attached hydrogen (secondary N) is 1. The smallest absolute Gasteiger partial charge is 0.416 e. The summed E-state index contributed by atoms with van der Waals surface area (Å²) in [6.45, 7) is 2.93. The number of alkyl halides is 3. The number of phenolic OH excluding ortho intramolecular Hbond substituents is 1. The number of phenols is 1. The van der Waals surface area contributed by atoms with Gasteiger partial charge < -0.3 is 15.0 Å². The van der Waals surface area contributed by atoms with Crippen molar-refractivity contribution in [1.29, 1.82) is 0 Å². The second-order valence-corrected chi connectivity index (χ2v) is 9.98. The number of fused-ring (bicyclic) bond motifs is 1. The fraction of sp³-hybridized carbons (Fsp3) is 0.360. The maximum absolute atomic E-state index is 13.5. The van der Waals surface area contributed by atoms with E-state index in [1.54, 1.807) is 0 Å². The Labute approximate surface area is 209 Å². The average molecular weight is 525 g/mol. The number of carbonyl (C=O) groups is 1. The summed E-state index contributed by atoms with van der Waals surface area (Å²) < 4.78 is 40.4. The summed E-state index contributed by atoms with van der Waals surface area (Å²) in [6.07, 6.45) is -1.20. The van der Waals surface area contributed by atoms with Crippen LogP contribution in [0.5, 0.6) is 5.75 Å². The molecule has 2 N–H and O–H groups in total. The number of aromatic hydroxyl groups is 1. The van der Waals surface area contributed by atoms with E-state index in [-0.39, 0.29) is 49.2 Å². The number of carbonyl (C=O) groups excluding carboxylic acids is 1. The summed E-state index contributed by atoms with van der Waals surface area (Å²) >= 11 is 7.07. The number of Topliss-reactive ketones (excluding diaryl/α,β-unsaturated/α-hetero) is 1. The van der Waals surface area contributed by atoms with Gasteiger partial charge in [-0.1, -0.05) is 11.6 Å². The third kappa shape index (κ3) is 6.02. The molecule has 35 heavy (non-hydrogen) atoms. The number of halogens is 4. The molecule has 3 aromatic rings. The van der Waals surface area contributed by atoms with E-state index in [9.17, 15) is 27.9 Å². The predicted octanol–water partition coefficient (Wildman–Crippen LogP) is 6.11. The van der Waals surface area contributed by atoms with Crippen LogP contribution in [0.15, 0.2) is 46.1 Å². The zero-order valence-corrected chi connectivity index (χ0v) is 20.3. The minimum Gasteiger partial charge on any atom is -0.507 e. The summed E-state index contributed by atoms with van der Waals surface area (Å²) in [4.78, 5) is 30.5. The molecule has 10 heteroatoms. The lowest BCUT2D eigenvalue weighted by atomic mass is 9.98. The molecule has 0 radical (unpaired) electrons. The first kappa shape index (κ1) is 25.6. The van der Waals surface area contributed by atoms with Crippen molar-refractivity contribution >= 4 is 40.0 Å². The number of hydrogen-bond acceptors (Lipinski definition) is 5. The third-order valence-electron chi connectivity index (χ3n) is 6.03. The molecule has 0 aliphatic carbocycles. The number of likely N-dealkylation sites (tertiary alicyclic amines) is 1. The lowest BCUT2D eigenvalue weighted by Crippen LogP contribution is -2.21. The van der Waals surface area contributed by atoms with E-state index in [0.29, 0.717) is 12.8 Å². The van der Waals surface area contributed by atoms with Crippen LogP contribution < -0.4 is 5.56 Å². The quantitative estimate of drug-likeness (QED) is 0.348. The Bertz CT molecular complexity index is 1300. The Morgan fingerprint density at radius 2 is 1.89 bits per heavy atom. The topological polar surface area (TPSA) is 73.4 Å². The molecule has 186 valence electrons. The molecule has 0 spiro atoms. The van der Waals surface area contributed by atoms with Crippen LogP contribution >= 0.6 is 23.4 Å². The van der Waals surface area contributed by atoms with Crippen LogP contribution in [-0.2, 0) is 11.0 Å². The zero-order valence-electron chi connectivity index (χ0n) is 18.8. The lowest BCUT2D eigenvalue weighted by molar-refractivity contribution is -0.137. The highest BCUT2D eigenvalue weighted by Gasteiger charge is 2.31. The second-order valence-electron chi connectivity index (χ2n) is 8.56. The summed E-state index contributed by atoms with van der Waals surface area (Å²) in [5, 5.41) is 10.9. The number of rotatable bonds is 8. The number of ketones is 1. The highest BCUT2D eigenvalue weighted by molar-refractivity contribution is 8.00. The fourth-order valence-corrected chi connectivity index (χ4v) is 5.46. The van der Waals surface area contributed by atoms with Crippen molar-refractivity contribution in [2.24, 2.45) is 0 Å². The number of benzene rings is 2. The van der Waals surface area contributed by atoms with Crippen LogP contribution in [0.4, 0.5) is 13.2 Å². The van der Waals surface area contributed by atoms with Gasteiger partial charge in [-0.25, -0.2) is 0 Å². The van der Waals surface area contributed by atoms with Crippen molar-refractivity contribution in [2.75, 3.05) is 25.4 Å². The molecule has 0 bridgehead atoms. The first-order valence-electron chi connectivity index (χ1n) is 11.3. The van der Waals surface area contributed by atoms with Gasteiger partial charge in [0.05, 0.1) is 16.2 Å². The SMILES string of the molecule is O=C(CCCN1CCCC1)CSc1c(-c2cc(Cl)ccc2O)c2cc(C(F)(F)F)ccc2[nH]c1=O. The van der Waals surface area contributed by atoms with Gasteiger partial charge >= 0.3 is 6.18 Å². The minimum absolute atomic E-state index is 0.0120. The average Bonchev–Trinajstić information content (AvgIpc) is 3.31. The first-order chi connectivity index (χ1) is 16.6. The number of aromatic nitrogens is 1. The van der Waals surface area contributed by atoms with E-state index in [1.165, 1.54) is 37.1 Å². The van der Waals surface area contributed by atoms with E-state index in [0.717, 1.165) is 43.5 Å². The van der Waals surface area contributed by atoms with Gasteiger partial charge in [0, 0.05) is 33.5 Å². The molecule has 2 aromatic carbocycles. The van der Waals surface area contributed by atoms with Gasteiger partial charge in [0.2, 0.25) is 0 Å². The van der Waals surface area contributed by atoms with Crippen LogP contribution in [-0.4, -0.2) is 46.2 Å². The van der Waals surface area contributed by atoms with Crippen LogP contribution in [0.3, 0.4) is 0 Å². The van der Waals surface area contributed by atoms with Crippen molar-refractivity contribution in [1.82, 2.24) is 9.88 Å². The Balaban J connectivity index is 1.70. The molecular weight excluding hydrogens is 501 g/mol. The molecular formula is C25H24ClF3N2O3S. The Kier molecular flexibility index (Phi) is 7.78. The summed E-state index contributed by atoms with van der Waals surface area (Å²) in [6, 6.07) is 7.15. The number of pyridine rings is 1. The molecule has 0 atom stereocenters. The summed E-state index contributed by atoms with van der Waals surface area (Å²) in [5.41, 5.74) is -1.03. The molecule has 1 aliphatic rings. The van der Waals surface area contributed by atoms with Crippen molar-refractivity contribution in [3.63, 3.8) is 0 Å². The first-order valence-corrected chi connectivity index (χ1v) is 12.6. The van der Waals surface area contributed by atoms with E-state index in [2.05, 4.69) is 9.88 Å². The zero-order chi connectivity index (χ0) is 25.2. The molecule has 0 unspecified atom stereocenters. The standard InChI is InChI=1S/C25H24ClF3N2O3S/c26-16-6-8-21(33)19(13-16)22-18-12-15(25(27,28)29)5-7-20(18)30-24(34)23(22)35-14-17(32)4-3-11-31-9-1-2-10-31/h5-8,12-13,33H,1-4,9-11,14H2,(H,30,34). The van der Waals surface area contributed by atoms with Gasteiger partial charge in [-0.05, 0) is 75.3 Å². The molecule has 1 aliphatic heterocycles. The maximum Gasteiger partial charge on any atom is 0.416 e. The second kappa shape index (κ2) is 10.6. The summed E-state index contributed by atoms with van der Waals surface area (Å²) in [5.74, 6) is -0.307. The molecule has 4 rings (SSSR count). The highest BCUT2D eigenvalue weighted by Crippen LogP contribution is 2.42. The van der Waals surface area contributed by atoms with Crippen molar-refractivity contribution < 1.29 is 23.1 Å². The van der Waals surface area contributed by atoms with Crippen LogP contribution in [0.1, 0.15) is 31.2 Å². The van der Waals surface area contributed by atoms with E-state index >= 15 is 0 Å². The Hall–Kier alpha value is -2.49. The number of H-pyrrole nitrogens is 1. The Morgan fingerprint density at radius 1 is 1.14 bits per heavy atom. The van der Waals surface area contributed by atoms with E-state index in [1.807, 2.05) is 0 Å². The van der Waals surface area contributed by atoms with Crippen molar-refractivity contribution in [3.05, 3.63) is 57.3 Å². The van der Waals surface area contributed by atoms with Crippen molar-refractivity contribution in [2.45, 2.75) is 36.8 Å². The molecule has 1 aromatic heterocycles. The highest BCUT2D eigenvalue weighted by atomic mass is 35.5. The number of aromatic amines is 1. The van der Waals surface area contributed by atoms with Gasteiger partial charge in [0.1, 0.15) is 11.5 Å². The van der Waals surface area contributed by atoms with Gasteiger partial charge in [-0.2, -0.15) is 13.2 Å². The molecule has 0 amide bonds. The van der Waals surface area contributed by atoms with Crippen LogP contribution in [0.2, 0.25) is 5.02 Å². The van der Waals surface area contributed by atoms with Gasteiger partial charge in [0.25, 0.3) is 5.56 Å². The number of nitrogens with zero attached hydrogens (tertiary/aromatic N) is 1. The predicted molar refractivity (Wildman–Crippen MR) is 132 cm³/mol. The molecule has 1 fully saturated rings. The van der Waals surface area contributed by atoms with Crippen LogP contribution in [0, 0.1) is 0 Å². The van der Waals surface area contributed by atoms with Gasteiger partial charge in [-0.15, -0.1) is 11.8 Å². The molecule has 1 saturated heterocycles. The van der Waals surface area contributed by atoms with Crippen molar-refractivity contribution in [3.8, 4) is 16.9 Å². The summed E-state index contributed by atoms with van der Waals surface area (Å²) in [7, 11) is 0. The van der Waals surface area contributed by atoms with E-state index in [4.69, 9.17) is 11.6 Å². The fourth-order valence-electron chi connectivity index (χ4n) is 4.30. The molecule has 0 saturated carbocycles. The molecule has 2 heterocycles.